The Balaban J connectivity index is 0.000000547. The standard InChI is InChI=1S/5C9H11.Au/c5*1-7-4-8(2)6-9(3)5-7;/h5*4-5H,1-3H3;/q5*-1;. The van der Waals surface area contributed by atoms with Crippen LogP contribution in [0.5, 0.6) is 0 Å². The summed E-state index contributed by atoms with van der Waals surface area (Å²) in [6.07, 6.45) is 0. The van der Waals surface area contributed by atoms with E-state index in [1.165, 1.54) is 83.5 Å². The summed E-state index contributed by atoms with van der Waals surface area (Å²) in [6, 6.07) is 37.4. The molecule has 0 atom stereocenters. The predicted molar refractivity (Wildman–Crippen MR) is 197 cm³/mol. The first-order chi connectivity index (χ1) is 20.9. The minimum absolute atomic E-state index is 0. The van der Waals surface area contributed by atoms with Crippen molar-refractivity contribution in [3.8, 4) is 0 Å². The van der Waals surface area contributed by atoms with Crippen LogP contribution in [0.1, 0.15) is 83.5 Å². The Morgan fingerprint density at radius 3 is 0.370 bits per heavy atom. The SMILES string of the molecule is Cc1[c-]c(C)cc(C)c1.Cc1[c-]c(C)cc(C)c1.Cc1[c-]c(C)cc(C)c1.Cc1[c-]c(C)cc(C)c1.Cc1[c-]c(C)cc(C)c1.[Au]. The van der Waals surface area contributed by atoms with Gasteiger partial charge in [-0.05, 0) is 0 Å². The molecule has 0 unspecified atom stereocenters. The molecule has 0 nitrogen and oxygen atoms in total. The molecule has 0 spiro atoms. The van der Waals surface area contributed by atoms with E-state index in [2.05, 4.69) is 195 Å². The summed E-state index contributed by atoms with van der Waals surface area (Å²) in [6.45, 7) is 31.2. The molecule has 5 rings (SSSR count). The van der Waals surface area contributed by atoms with Gasteiger partial charge in [-0.1, -0.05) is 104 Å². The normalized spacial score (nSPS) is 9.46. The minimum Gasteiger partial charge on any atom is -0.177 e. The maximum Gasteiger partial charge on any atom is 0 e. The molecule has 46 heavy (non-hydrogen) atoms. The first-order valence-electron chi connectivity index (χ1n) is 15.8. The molecule has 5 aromatic rings. The third kappa shape index (κ3) is 20.1. The van der Waals surface area contributed by atoms with Gasteiger partial charge < -0.3 is 0 Å². The summed E-state index contributed by atoms with van der Waals surface area (Å²) in [4.78, 5) is 0. The van der Waals surface area contributed by atoms with Gasteiger partial charge in [0.1, 0.15) is 0 Å². The van der Waals surface area contributed by atoms with Crippen molar-refractivity contribution in [2.45, 2.75) is 104 Å². The smallest absolute Gasteiger partial charge is 0 e. The molecular weight excluding hydrogens is 737 g/mol. The van der Waals surface area contributed by atoms with Crippen molar-refractivity contribution in [1.82, 2.24) is 0 Å². The van der Waals surface area contributed by atoms with Gasteiger partial charge in [0.25, 0.3) is 0 Å². The Bertz CT molecular complexity index is 1100. The Kier molecular flexibility index (Phi) is 20.1. The molecule has 0 N–H and O–H groups in total. The Hall–Kier alpha value is -3.16. The van der Waals surface area contributed by atoms with Crippen molar-refractivity contribution in [3.63, 3.8) is 0 Å². The molecule has 5 aromatic carbocycles. The number of hydrogen-bond acceptors (Lipinski definition) is 0. The minimum atomic E-state index is 0. The fourth-order valence-electron chi connectivity index (χ4n) is 5.54. The average molecular weight is 793 g/mol. The van der Waals surface area contributed by atoms with E-state index >= 15 is 0 Å². The van der Waals surface area contributed by atoms with Crippen LogP contribution < -0.4 is 0 Å². The van der Waals surface area contributed by atoms with Crippen LogP contribution in [0.2, 0.25) is 0 Å². The third-order valence-corrected chi connectivity index (χ3v) is 6.41. The average Bonchev–Trinajstić information content (AvgIpc) is 2.81. The van der Waals surface area contributed by atoms with E-state index in [1.54, 1.807) is 0 Å². The fourth-order valence-corrected chi connectivity index (χ4v) is 5.54. The Labute approximate surface area is 299 Å². The van der Waals surface area contributed by atoms with Gasteiger partial charge in [-0.3, -0.25) is 0 Å². The van der Waals surface area contributed by atoms with Crippen LogP contribution in [-0.4, -0.2) is 0 Å². The van der Waals surface area contributed by atoms with E-state index in [0.717, 1.165) is 0 Å². The topological polar surface area (TPSA) is 0 Å². The summed E-state index contributed by atoms with van der Waals surface area (Å²) in [5, 5.41) is 0. The van der Waals surface area contributed by atoms with Gasteiger partial charge in [0, 0.05) is 22.4 Å². The molecule has 251 valence electrons. The van der Waals surface area contributed by atoms with Gasteiger partial charge in [-0.15, -0.1) is 0 Å². The molecule has 0 aliphatic rings. The summed E-state index contributed by atoms with van der Waals surface area (Å²) >= 11 is 0. The van der Waals surface area contributed by atoms with E-state index in [-0.39, 0.29) is 22.4 Å². The van der Waals surface area contributed by atoms with E-state index in [1.807, 2.05) is 0 Å². The number of benzene rings is 5. The molecule has 0 aliphatic heterocycles. The Morgan fingerprint density at radius 2 is 0.304 bits per heavy atom. The van der Waals surface area contributed by atoms with Crippen LogP contribution in [-0.2, 0) is 22.4 Å². The molecular formula is C45H55Au-5. The van der Waals surface area contributed by atoms with E-state index in [0.29, 0.717) is 0 Å². The second-order valence-electron chi connectivity index (χ2n) is 12.6. The number of hydrogen-bond donors (Lipinski definition) is 0. The van der Waals surface area contributed by atoms with Crippen molar-refractivity contribution in [2.24, 2.45) is 0 Å². The van der Waals surface area contributed by atoms with E-state index < -0.39 is 0 Å². The van der Waals surface area contributed by atoms with Crippen LogP contribution in [0.25, 0.3) is 0 Å². The van der Waals surface area contributed by atoms with Crippen LogP contribution in [0.3, 0.4) is 0 Å². The van der Waals surface area contributed by atoms with Gasteiger partial charge >= 0.3 is 0 Å². The van der Waals surface area contributed by atoms with Crippen molar-refractivity contribution in [3.05, 3.63) is 174 Å². The molecule has 0 saturated heterocycles. The zero-order chi connectivity index (χ0) is 34.3. The number of aryl methyl sites for hydroxylation is 15. The molecule has 1 heteroatoms. The Morgan fingerprint density at radius 1 is 0.217 bits per heavy atom. The molecule has 0 aromatic heterocycles. The van der Waals surface area contributed by atoms with Crippen LogP contribution in [0, 0.1) is 134 Å². The monoisotopic (exact) mass is 792 g/mol. The first-order valence-corrected chi connectivity index (χ1v) is 15.8. The molecule has 0 fully saturated rings. The largest absolute Gasteiger partial charge is 0.177 e. The molecule has 0 aliphatic carbocycles. The summed E-state index contributed by atoms with van der Waals surface area (Å²) < 4.78 is 0. The molecule has 0 amide bonds. The van der Waals surface area contributed by atoms with Gasteiger partial charge in [-0.25, -0.2) is 0 Å². The molecule has 0 bridgehead atoms. The van der Waals surface area contributed by atoms with Crippen LogP contribution in [0.4, 0.5) is 0 Å². The first kappa shape index (κ1) is 42.8. The van der Waals surface area contributed by atoms with Gasteiger partial charge in [0.15, 0.2) is 0 Å². The zero-order valence-corrected chi connectivity index (χ0v) is 33.2. The maximum absolute atomic E-state index is 3.21. The predicted octanol–water partition coefficient (Wildman–Crippen LogP) is 12.1. The van der Waals surface area contributed by atoms with Gasteiger partial charge in [-0.2, -0.15) is 174 Å². The third-order valence-electron chi connectivity index (χ3n) is 6.41. The van der Waals surface area contributed by atoms with E-state index in [4.69, 9.17) is 0 Å². The second kappa shape index (κ2) is 21.6. The van der Waals surface area contributed by atoms with Gasteiger partial charge in [0.05, 0.1) is 0 Å². The summed E-state index contributed by atoms with van der Waals surface area (Å²) in [5.41, 5.74) is 18.9. The van der Waals surface area contributed by atoms with Crippen molar-refractivity contribution in [2.75, 3.05) is 0 Å². The van der Waals surface area contributed by atoms with Crippen LogP contribution in [0.15, 0.2) is 60.7 Å². The molecule has 0 heterocycles. The van der Waals surface area contributed by atoms with Crippen molar-refractivity contribution in [1.29, 1.82) is 0 Å². The van der Waals surface area contributed by atoms with Crippen LogP contribution >= 0.6 is 0 Å². The summed E-state index contributed by atoms with van der Waals surface area (Å²) in [5.74, 6) is 0. The molecule has 1 radical (unpaired) electrons. The zero-order valence-electron chi connectivity index (χ0n) is 31.1. The fraction of sp³-hybridized carbons (Fsp3) is 0.333. The quantitative estimate of drug-likeness (QED) is 0.108. The van der Waals surface area contributed by atoms with Crippen molar-refractivity contribution >= 4 is 0 Å². The maximum atomic E-state index is 3.21. The number of rotatable bonds is 0. The van der Waals surface area contributed by atoms with E-state index in [9.17, 15) is 0 Å². The second-order valence-corrected chi connectivity index (χ2v) is 12.6. The summed E-state index contributed by atoms with van der Waals surface area (Å²) in [7, 11) is 0. The molecule has 0 saturated carbocycles. The van der Waals surface area contributed by atoms with Crippen molar-refractivity contribution < 1.29 is 22.4 Å². The van der Waals surface area contributed by atoms with Gasteiger partial charge in [0.2, 0.25) is 0 Å².